The quantitative estimate of drug-likeness (QED) is 0.0612. The molecule has 15 nitrogen and oxygen atoms in total. The minimum absolute atomic E-state index is 0.182. The number of halogens is 2. The number of benzene rings is 4. The lowest BCUT2D eigenvalue weighted by atomic mass is 9.89. The number of hydrogen-bond donors (Lipinski definition) is 2. The van der Waals surface area contributed by atoms with Gasteiger partial charge in [-0.15, -0.1) is 0 Å². The molecule has 380 valence electrons. The number of hydrogen-bond acceptors (Lipinski definition) is 10. The molecule has 5 heterocycles. The van der Waals surface area contributed by atoms with Crippen molar-refractivity contribution in [2.24, 2.45) is 7.05 Å². The second-order valence-electron chi connectivity index (χ2n) is 20.0. The molecule has 17 heteroatoms. The smallest absolute Gasteiger partial charge is 0.355 e. The molecule has 0 aliphatic carbocycles. The summed E-state index contributed by atoms with van der Waals surface area (Å²) in [6.45, 7) is 14.4. The zero-order valence-corrected chi connectivity index (χ0v) is 43.0. The van der Waals surface area contributed by atoms with Gasteiger partial charge in [0, 0.05) is 97.0 Å². The van der Waals surface area contributed by atoms with E-state index in [1.165, 1.54) is 12.1 Å². The molecule has 1 unspecified atom stereocenters. The second-order valence-corrected chi connectivity index (χ2v) is 20.4. The molecule has 2 aliphatic rings. The molecule has 0 spiro atoms. The molecule has 0 bridgehead atoms. The number of aromatic nitrogens is 4. The number of esters is 1. The summed E-state index contributed by atoms with van der Waals surface area (Å²) in [6.07, 6.45) is 1.70. The van der Waals surface area contributed by atoms with Gasteiger partial charge >= 0.3 is 5.97 Å². The first-order chi connectivity index (χ1) is 34.8. The third-order valence-electron chi connectivity index (χ3n) is 13.9. The van der Waals surface area contributed by atoms with Crippen LogP contribution in [0.2, 0.25) is 5.02 Å². The Labute approximate surface area is 427 Å². The lowest BCUT2D eigenvalue weighted by Gasteiger charge is -2.35. The van der Waals surface area contributed by atoms with Gasteiger partial charge in [0.25, 0.3) is 5.91 Å². The Bertz CT molecular complexity index is 3350. The van der Waals surface area contributed by atoms with Gasteiger partial charge < -0.3 is 24.3 Å². The molecule has 3 aromatic heterocycles. The molecule has 2 saturated heterocycles. The molecule has 9 rings (SSSR count). The predicted octanol–water partition coefficient (Wildman–Crippen LogP) is 8.52. The topological polar surface area (TPSA) is 170 Å². The van der Waals surface area contributed by atoms with Gasteiger partial charge in [-0.25, -0.2) is 9.18 Å². The van der Waals surface area contributed by atoms with E-state index in [-0.39, 0.29) is 36.5 Å². The lowest BCUT2D eigenvalue weighted by molar-refractivity contribution is -0.134. The van der Waals surface area contributed by atoms with E-state index in [4.69, 9.17) is 31.2 Å². The number of ether oxygens (including phenoxy) is 2. The van der Waals surface area contributed by atoms with Crippen molar-refractivity contribution >= 4 is 73.8 Å². The normalized spacial score (nSPS) is 15.6. The zero-order valence-electron chi connectivity index (χ0n) is 42.3. The number of piperidine rings is 1. The zero-order chi connectivity index (χ0) is 51.9. The third kappa shape index (κ3) is 10.7. The first-order valence-corrected chi connectivity index (χ1v) is 25.1. The predicted molar refractivity (Wildman–Crippen MR) is 278 cm³/mol. The first-order valence-electron chi connectivity index (χ1n) is 24.8. The van der Waals surface area contributed by atoms with Gasteiger partial charge in [-0.2, -0.15) is 5.10 Å². The van der Waals surface area contributed by atoms with Crippen molar-refractivity contribution < 1.29 is 37.8 Å². The number of amides is 4. The van der Waals surface area contributed by atoms with Crippen LogP contribution in [0.25, 0.3) is 43.7 Å². The van der Waals surface area contributed by atoms with Crippen molar-refractivity contribution in [1.82, 2.24) is 39.8 Å². The summed E-state index contributed by atoms with van der Waals surface area (Å²) in [5, 5.41) is 13.6. The SMILES string of the molecule is Cc1nc2cc(C(=O)NCC(=O)N3CCN(CCn4c(C(=O)OC(C)(C)C)c(CCCOc5cccc6cc(F)ccc56)c5ccc(Cl)c(-c6c(C)nn(C)c6C)c54)CC3)ccc2cc1C1CCC(=O)NC1=O. The van der Waals surface area contributed by atoms with E-state index in [9.17, 15) is 28.4 Å². The number of carbonyl (C=O) groups excluding carboxylic acids is 5. The Balaban J connectivity index is 0.911. The van der Waals surface area contributed by atoms with E-state index in [2.05, 4.69) is 20.1 Å². The van der Waals surface area contributed by atoms with E-state index in [0.29, 0.717) is 98.4 Å². The van der Waals surface area contributed by atoms with Crippen LogP contribution in [0.1, 0.15) is 95.0 Å². The number of nitrogens with zero attached hydrogens (tertiary/aromatic N) is 6. The summed E-state index contributed by atoms with van der Waals surface area (Å²) in [5.41, 5.74) is 6.98. The van der Waals surface area contributed by atoms with Crippen LogP contribution in [0.15, 0.2) is 72.8 Å². The van der Waals surface area contributed by atoms with E-state index >= 15 is 0 Å². The fourth-order valence-corrected chi connectivity index (χ4v) is 10.5. The molecule has 4 amide bonds. The van der Waals surface area contributed by atoms with Crippen LogP contribution in [-0.2, 0) is 39.1 Å². The highest BCUT2D eigenvalue weighted by atomic mass is 35.5. The average molecular weight is 1010 g/mol. The van der Waals surface area contributed by atoms with Gasteiger partial charge in [-0.1, -0.05) is 35.9 Å². The van der Waals surface area contributed by atoms with Crippen LogP contribution in [0.3, 0.4) is 0 Å². The number of nitrogens with one attached hydrogen (secondary N) is 2. The summed E-state index contributed by atoms with van der Waals surface area (Å²) in [4.78, 5) is 74.5. The Morgan fingerprint density at radius 2 is 1.66 bits per heavy atom. The Kier molecular flexibility index (Phi) is 14.4. The Hall–Kier alpha value is -7.17. The molecule has 4 aromatic carbocycles. The van der Waals surface area contributed by atoms with Gasteiger partial charge in [-0.05, 0) is 126 Å². The number of pyridine rings is 1. The van der Waals surface area contributed by atoms with Gasteiger partial charge in [0.2, 0.25) is 17.7 Å². The minimum Gasteiger partial charge on any atom is -0.493 e. The molecule has 1 atom stereocenters. The van der Waals surface area contributed by atoms with Crippen molar-refractivity contribution in [3.63, 3.8) is 0 Å². The summed E-state index contributed by atoms with van der Waals surface area (Å²) in [5.74, 6) is -1.83. The van der Waals surface area contributed by atoms with Crippen molar-refractivity contribution in [2.45, 2.75) is 85.3 Å². The summed E-state index contributed by atoms with van der Waals surface area (Å²) in [7, 11) is 1.90. The molecule has 73 heavy (non-hydrogen) atoms. The molecule has 0 radical (unpaired) electrons. The average Bonchev–Trinajstić information content (AvgIpc) is 3.80. The Morgan fingerprint density at radius 3 is 2.38 bits per heavy atom. The third-order valence-corrected chi connectivity index (χ3v) is 14.3. The number of aryl methyl sites for hydroxylation is 4. The maximum absolute atomic E-state index is 14.6. The monoisotopic (exact) mass is 1010 g/mol. The van der Waals surface area contributed by atoms with E-state index in [0.717, 1.165) is 60.7 Å². The van der Waals surface area contributed by atoms with E-state index < -0.39 is 23.4 Å². The van der Waals surface area contributed by atoms with Gasteiger partial charge in [0.1, 0.15) is 22.9 Å². The highest BCUT2D eigenvalue weighted by Gasteiger charge is 2.33. The summed E-state index contributed by atoms with van der Waals surface area (Å²) < 4.78 is 30.4. The maximum Gasteiger partial charge on any atom is 0.355 e. The largest absolute Gasteiger partial charge is 0.493 e. The van der Waals surface area contributed by atoms with Crippen LogP contribution in [-0.4, -0.2) is 110 Å². The standard InChI is InChI=1S/C56H60ClFN8O7/c1-32-43(42-18-20-47(67)61-54(42)70)29-36-13-14-37(30-45(36)60-32)53(69)59-31-48(68)65-24-21-64(22-25-65)23-26-66-51-41(17-19-44(57)50(51)49-33(2)62-63(7)34(49)3)40(52(66)55(71)73-56(4,5)6)11-9-27-72-46-12-8-10-35-28-38(58)15-16-39(35)46/h8,10,12-17,19,28-30,42H,9,11,18,20-27,31H2,1-7H3,(H,59,69)(H,61,67,70). The van der Waals surface area contributed by atoms with Gasteiger partial charge in [-0.3, -0.25) is 39.1 Å². The fourth-order valence-electron chi connectivity index (χ4n) is 10.3. The fraction of sp³-hybridized carbons (Fsp3) is 0.375. The van der Waals surface area contributed by atoms with Crippen molar-refractivity contribution in [3.8, 4) is 16.9 Å². The molecule has 2 aliphatic heterocycles. The number of carbonyl (C=O) groups is 5. The van der Waals surface area contributed by atoms with Crippen LogP contribution in [0.4, 0.5) is 4.39 Å². The second kappa shape index (κ2) is 20.7. The number of imide groups is 1. The van der Waals surface area contributed by atoms with E-state index in [1.807, 2.05) is 82.7 Å². The van der Waals surface area contributed by atoms with Gasteiger partial charge in [0.05, 0.1) is 40.8 Å². The van der Waals surface area contributed by atoms with Crippen LogP contribution < -0.4 is 15.4 Å². The number of fused-ring (bicyclic) bond motifs is 3. The van der Waals surface area contributed by atoms with Crippen molar-refractivity contribution in [3.05, 3.63) is 123 Å². The molecule has 0 saturated carbocycles. The highest BCUT2D eigenvalue weighted by Crippen LogP contribution is 2.43. The minimum atomic E-state index is -0.789. The maximum atomic E-state index is 14.6. The Morgan fingerprint density at radius 1 is 0.890 bits per heavy atom. The lowest BCUT2D eigenvalue weighted by Crippen LogP contribution is -2.51. The summed E-state index contributed by atoms with van der Waals surface area (Å²) in [6, 6.07) is 21.0. The van der Waals surface area contributed by atoms with Crippen LogP contribution in [0.5, 0.6) is 5.75 Å². The highest BCUT2D eigenvalue weighted by molar-refractivity contribution is 6.35. The first kappa shape index (κ1) is 50.8. The van der Waals surface area contributed by atoms with Crippen LogP contribution >= 0.6 is 11.6 Å². The van der Waals surface area contributed by atoms with Gasteiger partial charge in [0.15, 0.2) is 0 Å². The molecular weight excluding hydrogens is 951 g/mol. The number of piperazine rings is 1. The van der Waals surface area contributed by atoms with E-state index in [1.54, 1.807) is 36.1 Å². The molecule has 2 fully saturated rings. The molecular formula is C56H60ClFN8O7. The van der Waals surface area contributed by atoms with Crippen molar-refractivity contribution in [1.29, 1.82) is 0 Å². The molecule has 2 N–H and O–H groups in total. The number of rotatable bonds is 14. The molecule has 7 aromatic rings. The summed E-state index contributed by atoms with van der Waals surface area (Å²) >= 11 is 7.20. The van der Waals surface area contributed by atoms with Crippen molar-refractivity contribution in [2.75, 3.05) is 45.9 Å². The van der Waals surface area contributed by atoms with Crippen LogP contribution in [0, 0.1) is 26.6 Å².